The van der Waals surface area contributed by atoms with E-state index in [1.54, 1.807) is 6.07 Å². The van der Waals surface area contributed by atoms with Gasteiger partial charge in [0.25, 0.3) is 0 Å². The van der Waals surface area contributed by atoms with Crippen molar-refractivity contribution in [2.24, 2.45) is 11.8 Å². The quantitative estimate of drug-likeness (QED) is 0.918. The Balaban J connectivity index is 2.05. The molecule has 1 N–H and O–H groups in total. The molecule has 0 saturated carbocycles. The van der Waals surface area contributed by atoms with Crippen LogP contribution >= 0.6 is 0 Å². The fourth-order valence-electron chi connectivity index (χ4n) is 2.97. The smallest absolute Gasteiger partial charge is 0.336 e. The van der Waals surface area contributed by atoms with E-state index in [2.05, 4.69) is 23.7 Å². The van der Waals surface area contributed by atoms with Gasteiger partial charge in [0.15, 0.2) is 0 Å². The molecule has 2 atom stereocenters. The number of fused-ring (bicyclic) bond motifs is 1. The number of hydrogen-bond acceptors (Lipinski definition) is 3. The number of benzene rings is 1. The molecule has 0 bridgehead atoms. The SMILES string of the molecule is CC1CCN(c2cc(C(=O)O)c3ccccc3n2)CC1C. The number of anilines is 1. The van der Waals surface area contributed by atoms with E-state index < -0.39 is 5.97 Å². The zero-order valence-electron chi connectivity index (χ0n) is 12.4. The highest BCUT2D eigenvalue weighted by Gasteiger charge is 2.24. The number of aromatic nitrogens is 1. The molecule has 21 heavy (non-hydrogen) atoms. The van der Waals surface area contributed by atoms with Crippen LogP contribution in [0.3, 0.4) is 0 Å². The summed E-state index contributed by atoms with van der Waals surface area (Å²) in [6.07, 6.45) is 1.12. The van der Waals surface area contributed by atoms with E-state index in [0.29, 0.717) is 22.8 Å². The highest BCUT2D eigenvalue weighted by molar-refractivity contribution is 6.03. The van der Waals surface area contributed by atoms with E-state index in [1.165, 1.54) is 0 Å². The van der Waals surface area contributed by atoms with Crippen molar-refractivity contribution in [2.75, 3.05) is 18.0 Å². The summed E-state index contributed by atoms with van der Waals surface area (Å²) in [5.74, 6) is 1.19. The normalized spacial score (nSPS) is 22.5. The second kappa shape index (κ2) is 5.35. The summed E-state index contributed by atoms with van der Waals surface area (Å²) < 4.78 is 0. The molecule has 2 unspecified atom stereocenters. The molecule has 1 fully saturated rings. The minimum absolute atomic E-state index is 0.335. The van der Waals surface area contributed by atoms with Crippen LogP contribution in [0.2, 0.25) is 0 Å². The van der Waals surface area contributed by atoms with E-state index in [1.807, 2.05) is 24.3 Å². The summed E-state index contributed by atoms with van der Waals surface area (Å²) in [5.41, 5.74) is 1.08. The number of carboxylic acid groups (broad SMARTS) is 1. The number of hydrogen-bond donors (Lipinski definition) is 1. The maximum Gasteiger partial charge on any atom is 0.336 e. The summed E-state index contributed by atoms with van der Waals surface area (Å²) in [4.78, 5) is 18.4. The molecule has 1 aromatic heterocycles. The lowest BCUT2D eigenvalue weighted by Crippen LogP contribution is -2.39. The third-order valence-electron chi connectivity index (χ3n) is 4.59. The van der Waals surface area contributed by atoms with Crippen LogP contribution in [-0.4, -0.2) is 29.1 Å². The zero-order valence-corrected chi connectivity index (χ0v) is 12.4. The molecule has 0 amide bonds. The lowest BCUT2D eigenvalue weighted by molar-refractivity contribution is 0.0699. The Labute approximate surface area is 124 Å². The Kier molecular flexibility index (Phi) is 3.53. The van der Waals surface area contributed by atoms with Crippen molar-refractivity contribution in [3.8, 4) is 0 Å². The molecular weight excluding hydrogens is 264 g/mol. The molecule has 0 spiro atoms. The molecule has 2 heterocycles. The molecule has 1 aromatic carbocycles. The molecule has 110 valence electrons. The lowest BCUT2D eigenvalue weighted by Gasteiger charge is -2.36. The average Bonchev–Trinajstić information content (AvgIpc) is 2.48. The van der Waals surface area contributed by atoms with Gasteiger partial charge >= 0.3 is 5.97 Å². The van der Waals surface area contributed by atoms with Crippen LogP contribution in [-0.2, 0) is 0 Å². The van der Waals surface area contributed by atoms with E-state index in [4.69, 9.17) is 0 Å². The molecule has 0 radical (unpaired) electrons. The molecule has 2 aromatic rings. The summed E-state index contributed by atoms with van der Waals surface area (Å²) in [7, 11) is 0. The van der Waals surface area contributed by atoms with Gasteiger partial charge in [-0.2, -0.15) is 0 Å². The Bertz CT molecular complexity index is 684. The summed E-state index contributed by atoms with van der Waals surface area (Å²) in [6.45, 7) is 6.40. The first-order chi connectivity index (χ1) is 10.1. The van der Waals surface area contributed by atoms with Crippen LogP contribution in [0.5, 0.6) is 0 Å². The maximum absolute atomic E-state index is 11.5. The molecule has 1 aliphatic rings. The highest BCUT2D eigenvalue weighted by atomic mass is 16.4. The Morgan fingerprint density at radius 3 is 2.76 bits per heavy atom. The summed E-state index contributed by atoms with van der Waals surface area (Å²) in [6, 6.07) is 9.15. The third kappa shape index (κ3) is 2.58. The zero-order chi connectivity index (χ0) is 15.0. The van der Waals surface area contributed by atoms with Crippen LogP contribution in [0, 0.1) is 11.8 Å². The van der Waals surface area contributed by atoms with Crippen molar-refractivity contribution in [3.05, 3.63) is 35.9 Å². The first-order valence-corrected chi connectivity index (χ1v) is 7.44. The molecule has 1 aliphatic heterocycles. The van der Waals surface area contributed by atoms with Crippen molar-refractivity contribution in [3.63, 3.8) is 0 Å². The van der Waals surface area contributed by atoms with Crippen LogP contribution in [0.15, 0.2) is 30.3 Å². The monoisotopic (exact) mass is 284 g/mol. The number of aromatic carboxylic acids is 1. The molecule has 4 heteroatoms. The molecular formula is C17H20N2O2. The van der Waals surface area contributed by atoms with Crippen LogP contribution in [0.1, 0.15) is 30.6 Å². The topological polar surface area (TPSA) is 53.4 Å². The van der Waals surface area contributed by atoms with Gasteiger partial charge in [-0.25, -0.2) is 9.78 Å². The fourth-order valence-corrected chi connectivity index (χ4v) is 2.97. The first kappa shape index (κ1) is 13.9. The predicted octanol–water partition coefficient (Wildman–Crippen LogP) is 3.42. The van der Waals surface area contributed by atoms with Crippen molar-refractivity contribution < 1.29 is 9.90 Å². The first-order valence-electron chi connectivity index (χ1n) is 7.44. The van der Waals surface area contributed by atoms with E-state index in [9.17, 15) is 9.90 Å². The molecule has 0 aliphatic carbocycles. The summed E-state index contributed by atoms with van der Waals surface area (Å²) >= 11 is 0. The van der Waals surface area contributed by atoms with Gasteiger partial charge in [-0.05, 0) is 30.4 Å². The van der Waals surface area contributed by atoms with Gasteiger partial charge in [0.1, 0.15) is 5.82 Å². The maximum atomic E-state index is 11.5. The van der Waals surface area contributed by atoms with Gasteiger partial charge in [-0.15, -0.1) is 0 Å². The second-order valence-corrected chi connectivity index (χ2v) is 6.04. The lowest BCUT2D eigenvalue weighted by atomic mass is 9.88. The fraction of sp³-hybridized carbons (Fsp3) is 0.412. The van der Waals surface area contributed by atoms with Gasteiger partial charge in [-0.3, -0.25) is 0 Å². The van der Waals surface area contributed by atoms with Gasteiger partial charge in [0.05, 0.1) is 11.1 Å². The average molecular weight is 284 g/mol. The van der Waals surface area contributed by atoms with Crippen molar-refractivity contribution in [1.29, 1.82) is 0 Å². The number of rotatable bonds is 2. The standard InChI is InChI=1S/C17H20N2O2/c1-11-7-8-19(10-12(11)2)16-9-14(17(20)21)13-5-3-4-6-15(13)18-16/h3-6,9,11-12H,7-8,10H2,1-2H3,(H,20,21). The molecule has 1 saturated heterocycles. The van der Waals surface area contributed by atoms with Crippen molar-refractivity contribution in [1.82, 2.24) is 4.98 Å². The van der Waals surface area contributed by atoms with Crippen molar-refractivity contribution >= 4 is 22.7 Å². The third-order valence-corrected chi connectivity index (χ3v) is 4.59. The highest BCUT2D eigenvalue weighted by Crippen LogP contribution is 2.28. The molecule has 3 rings (SSSR count). The van der Waals surface area contributed by atoms with Crippen LogP contribution in [0.25, 0.3) is 10.9 Å². The molecule has 4 nitrogen and oxygen atoms in total. The number of pyridine rings is 1. The summed E-state index contributed by atoms with van der Waals surface area (Å²) in [5, 5.41) is 10.2. The van der Waals surface area contributed by atoms with E-state index in [0.717, 1.165) is 30.8 Å². The van der Waals surface area contributed by atoms with Gasteiger partial charge < -0.3 is 10.0 Å². The number of nitrogens with zero attached hydrogens (tertiary/aromatic N) is 2. The Morgan fingerprint density at radius 1 is 1.29 bits per heavy atom. The predicted molar refractivity (Wildman–Crippen MR) is 83.9 cm³/mol. The Morgan fingerprint density at radius 2 is 2.05 bits per heavy atom. The largest absolute Gasteiger partial charge is 0.478 e. The number of piperidine rings is 1. The van der Waals surface area contributed by atoms with Gasteiger partial charge in [0.2, 0.25) is 0 Å². The van der Waals surface area contributed by atoms with Gasteiger partial charge in [0, 0.05) is 18.5 Å². The second-order valence-electron chi connectivity index (χ2n) is 6.04. The van der Waals surface area contributed by atoms with E-state index in [-0.39, 0.29) is 0 Å². The van der Waals surface area contributed by atoms with Gasteiger partial charge in [-0.1, -0.05) is 32.0 Å². The number of para-hydroxylation sites is 1. The van der Waals surface area contributed by atoms with E-state index >= 15 is 0 Å². The van der Waals surface area contributed by atoms with Crippen LogP contribution in [0.4, 0.5) is 5.82 Å². The van der Waals surface area contributed by atoms with Crippen molar-refractivity contribution in [2.45, 2.75) is 20.3 Å². The van der Waals surface area contributed by atoms with Crippen LogP contribution < -0.4 is 4.90 Å². The number of carboxylic acids is 1. The minimum atomic E-state index is -0.895. The number of carbonyl (C=O) groups is 1. The minimum Gasteiger partial charge on any atom is -0.478 e. The Hall–Kier alpha value is -2.10.